The summed E-state index contributed by atoms with van der Waals surface area (Å²) in [7, 11) is 2.01. The van der Waals surface area contributed by atoms with E-state index < -0.39 is 0 Å². The summed E-state index contributed by atoms with van der Waals surface area (Å²) in [6, 6.07) is 3.79. The van der Waals surface area contributed by atoms with Crippen LogP contribution in [0.15, 0.2) is 27.6 Å². The van der Waals surface area contributed by atoms with E-state index in [2.05, 4.69) is 19.2 Å². The summed E-state index contributed by atoms with van der Waals surface area (Å²) >= 11 is 0. The first-order chi connectivity index (χ1) is 19.6. The average Bonchev–Trinajstić information content (AvgIpc) is 3.67. The fourth-order valence-corrected chi connectivity index (χ4v) is 10.7. The lowest BCUT2D eigenvalue weighted by molar-refractivity contribution is -0.156. The molecule has 1 N–H and O–H groups in total. The maximum atomic E-state index is 13.3. The first-order valence-corrected chi connectivity index (χ1v) is 15.8. The van der Waals surface area contributed by atoms with Gasteiger partial charge in [0.1, 0.15) is 17.8 Å². The van der Waals surface area contributed by atoms with E-state index >= 15 is 0 Å². The fraction of sp³-hybridized carbons (Fsp3) is 0.781. The molecule has 0 aromatic carbocycles. The highest BCUT2D eigenvalue weighted by molar-refractivity contribution is 5.74. The average molecular weight is 568 g/mol. The molecular weight excluding hydrogens is 522 g/mol. The minimum Gasteiger partial charge on any atom is -0.459 e. The molecule has 6 fully saturated rings. The molecule has 10 atom stereocenters. The normalized spacial score (nSPS) is 44.6. The molecule has 2 saturated heterocycles. The van der Waals surface area contributed by atoms with E-state index in [0.29, 0.717) is 23.8 Å². The molecule has 9 nitrogen and oxygen atoms in total. The molecule has 41 heavy (non-hydrogen) atoms. The number of nitrogens with one attached hydrogen (secondary N) is 1. The molecule has 1 aromatic rings. The maximum Gasteiger partial charge on any atom is 0.335 e. The van der Waals surface area contributed by atoms with E-state index in [1.807, 2.05) is 22.9 Å². The van der Waals surface area contributed by atoms with E-state index in [9.17, 15) is 14.4 Å². The molecule has 6 aliphatic rings. The van der Waals surface area contributed by atoms with Crippen molar-refractivity contribution in [2.24, 2.45) is 28.6 Å². The highest BCUT2D eigenvalue weighted by Gasteiger charge is 2.84. The van der Waals surface area contributed by atoms with E-state index in [4.69, 9.17) is 13.9 Å². The van der Waals surface area contributed by atoms with Gasteiger partial charge in [-0.05, 0) is 79.7 Å². The van der Waals surface area contributed by atoms with Crippen LogP contribution in [0.4, 0.5) is 4.79 Å². The van der Waals surface area contributed by atoms with Crippen molar-refractivity contribution >= 4 is 12.0 Å². The number of esters is 1. The van der Waals surface area contributed by atoms with Gasteiger partial charge in [0.05, 0.1) is 6.26 Å². The Bertz CT molecular complexity index is 1260. The van der Waals surface area contributed by atoms with Crippen molar-refractivity contribution in [3.05, 3.63) is 34.4 Å². The standard InChI is InChI=1S/C32H45N3O6/c1-19(36)40-27-26(20-5-8-25(37)39-18-20)31(3)12-10-23-24(32(31)28(27)41-32)7-6-21-17-22(9-11-30(21,23)2)34(4)29(38)35-15-13-33-14-16-35/h5,8,18,21-24,26-28,33H,6-7,9-17H2,1-4H3/t21-,22+,23+,24-,26+,27-,28-,30+,31-,32-/m1/s1. The van der Waals surface area contributed by atoms with Crippen molar-refractivity contribution in [2.45, 2.75) is 95.5 Å². The number of carbonyl (C=O) groups excluding carboxylic acids is 2. The molecule has 0 bridgehead atoms. The maximum absolute atomic E-state index is 13.3. The number of piperazine rings is 1. The molecule has 9 heteroatoms. The van der Waals surface area contributed by atoms with E-state index in [-0.39, 0.29) is 52.2 Å². The number of hydrogen-bond donors (Lipinski definition) is 1. The Morgan fingerprint density at radius 1 is 1.07 bits per heavy atom. The van der Waals surface area contributed by atoms with Gasteiger partial charge in [-0.15, -0.1) is 0 Å². The molecule has 1 spiro atoms. The quantitative estimate of drug-likeness (QED) is 0.438. The fourth-order valence-electron chi connectivity index (χ4n) is 10.7. The monoisotopic (exact) mass is 567 g/mol. The zero-order valence-electron chi connectivity index (χ0n) is 24.9. The lowest BCUT2D eigenvalue weighted by Gasteiger charge is -2.61. The van der Waals surface area contributed by atoms with Crippen molar-refractivity contribution in [1.82, 2.24) is 15.1 Å². The number of nitrogens with zero attached hydrogens (tertiary/aromatic N) is 2. The van der Waals surface area contributed by atoms with Crippen LogP contribution in [0.1, 0.15) is 77.2 Å². The number of amides is 2. The Morgan fingerprint density at radius 3 is 2.56 bits per heavy atom. The minimum atomic E-state index is -0.380. The van der Waals surface area contributed by atoms with Crippen LogP contribution in [-0.4, -0.2) is 78.9 Å². The second-order valence-electron chi connectivity index (χ2n) is 14.3. The highest BCUT2D eigenvalue weighted by atomic mass is 16.7. The van der Waals surface area contributed by atoms with Gasteiger partial charge in [0.15, 0.2) is 0 Å². The number of ether oxygens (including phenoxy) is 2. The molecule has 224 valence electrons. The van der Waals surface area contributed by atoms with Crippen molar-refractivity contribution in [3.8, 4) is 0 Å². The molecule has 0 radical (unpaired) electrons. The summed E-state index contributed by atoms with van der Waals surface area (Å²) in [5.74, 6) is 1.17. The summed E-state index contributed by atoms with van der Waals surface area (Å²) < 4.78 is 18.1. The molecule has 1 aromatic heterocycles. The van der Waals surface area contributed by atoms with Gasteiger partial charge in [0.25, 0.3) is 0 Å². The van der Waals surface area contributed by atoms with Gasteiger partial charge in [0.2, 0.25) is 0 Å². The largest absolute Gasteiger partial charge is 0.459 e. The van der Waals surface area contributed by atoms with Gasteiger partial charge in [0, 0.05) is 63.6 Å². The second-order valence-corrected chi connectivity index (χ2v) is 14.3. The molecule has 2 amide bonds. The van der Waals surface area contributed by atoms with Crippen LogP contribution in [0, 0.1) is 28.6 Å². The smallest absolute Gasteiger partial charge is 0.335 e. The van der Waals surface area contributed by atoms with E-state index in [0.717, 1.165) is 76.7 Å². The Morgan fingerprint density at radius 2 is 1.85 bits per heavy atom. The number of rotatable bonds is 3. The van der Waals surface area contributed by atoms with Crippen LogP contribution in [0.25, 0.3) is 0 Å². The molecule has 4 saturated carbocycles. The third-order valence-corrected chi connectivity index (χ3v) is 12.7. The summed E-state index contributed by atoms with van der Waals surface area (Å²) in [6.07, 6.45) is 8.65. The van der Waals surface area contributed by atoms with Crippen LogP contribution in [0.3, 0.4) is 0 Å². The van der Waals surface area contributed by atoms with Crippen molar-refractivity contribution in [3.63, 3.8) is 0 Å². The number of urea groups is 1. The first-order valence-electron chi connectivity index (χ1n) is 15.8. The Balaban J connectivity index is 1.13. The van der Waals surface area contributed by atoms with Crippen LogP contribution < -0.4 is 10.9 Å². The number of fused-ring (bicyclic) bond motifs is 3. The summed E-state index contributed by atoms with van der Waals surface area (Å²) in [5.41, 5.74) is 0.221. The van der Waals surface area contributed by atoms with Crippen LogP contribution in [-0.2, 0) is 14.3 Å². The predicted molar refractivity (Wildman–Crippen MR) is 151 cm³/mol. The summed E-state index contributed by atoms with van der Waals surface area (Å²) in [5, 5.41) is 3.34. The predicted octanol–water partition coefficient (Wildman–Crippen LogP) is 3.76. The van der Waals surface area contributed by atoms with Crippen molar-refractivity contribution in [1.29, 1.82) is 0 Å². The molecule has 2 aliphatic heterocycles. The summed E-state index contributed by atoms with van der Waals surface area (Å²) in [6.45, 7) is 9.62. The van der Waals surface area contributed by atoms with Gasteiger partial charge in [-0.1, -0.05) is 13.8 Å². The third-order valence-electron chi connectivity index (χ3n) is 12.7. The minimum absolute atomic E-state index is 0.0682. The zero-order valence-corrected chi connectivity index (χ0v) is 24.9. The van der Waals surface area contributed by atoms with Crippen LogP contribution in [0.5, 0.6) is 0 Å². The van der Waals surface area contributed by atoms with Gasteiger partial charge >= 0.3 is 17.6 Å². The second kappa shape index (κ2) is 9.56. The zero-order chi connectivity index (χ0) is 28.7. The molecule has 7 rings (SSSR count). The number of hydrogen-bond acceptors (Lipinski definition) is 7. The highest BCUT2D eigenvalue weighted by Crippen LogP contribution is 2.78. The van der Waals surface area contributed by atoms with Gasteiger partial charge in [-0.2, -0.15) is 0 Å². The van der Waals surface area contributed by atoms with Gasteiger partial charge in [-0.25, -0.2) is 9.59 Å². The Labute approximate surface area is 242 Å². The topological polar surface area (TPSA) is 105 Å². The van der Waals surface area contributed by atoms with Crippen molar-refractivity contribution in [2.75, 3.05) is 33.2 Å². The lowest BCUT2D eigenvalue weighted by atomic mass is 9.44. The molecule has 3 heterocycles. The summed E-state index contributed by atoms with van der Waals surface area (Å²) in [4.78, 5) is 41.4. The molecular formula is C32H45N3O6. The Kier molecular flexibility index (Phi) is 6.40. The molecule has 0 unspecified atom stereocenters. The van der Waals surface area contributed by atoms with Gasteiger partial charge < -0.3 is 29.0 Å². The van der Waals surface area contributed by atoms with Gasteiger partial charge in [-0.3, -0.25) is 4.79 Å². The van der Waals surface area contributed by atoms with Crippen LogP contribution in [0.2, 0.25) is 0 Å². The first kappa shape index (κ1) is 27.4. The van der Waals surface area contributed by atoms with E-state index in [1.54, 1.807) is 6.26 Å². The van der Waals surface area contributed by atoms with Crippen LogP contribution >= 0.6 is 0 Å². The number of carbonyl (C=O) groups is 2. The van der Waals surface area contributed by atoms with E-state index in [1.165, 1.54) is 13.0 Å². The third kappa shape index (κ3) is 3.90. The Hall–Kier alpha value is -2.39. The van der Waals surface area contributed by atoms with Crippen molar-refractivity contribution < 1.29 is 23.5 Å². The molecule has 4 aliphatic carbocycles. The SMILES string of the molecule is CC(=O)O[C@H]1[C@H]2O[C@]23[C@@H]2CC[C@@H]4C[C@@H](N(C)C(=O)N5CCNCC5)CC[C@]4(C)[C@H]2CC[C@]3(C)[C@H]1c1ccc(=O)oc1. The number of epoxide rings is 1. The lowest BCUT2D eigenvalue weighted by Crippen LogP contribution is -2.60.